The monoisotopic (exact) mass is 459 g/mol. The van der Waals surface area contributed by atoms with E-state index in [0.29, 0.717) is 18.5 Å². The van der Waals surface area contributed by atoms with E-state index in [1.807, 2.05) is 43.9 Å². The Balaban J connectivity index is 0.00000392. The molecule has 0 aliphatic carbocycles. The first-order valence-electron chi connectivity index (χ1n) is 8.53. The van der Waals surface area contributed by atoms with Crippen molar-refractivity contribution in [3.8, 4) is 0 Å². The quantitative estimate of drug-likeness (QED) is 0.236. The average molecular weight is 459 g/mol. The van der Waals surface area contributed by atoms with E-state index in [1.165, 1.54) is 12.1 Å². The molecule has 7 nitrogen and oxygen atoms in total. The van der Waals surface area contributed by atoms with Gasteiger partial charge in [0.05, 0.1) is 15.0 Å². The van der Waals surface area contributed by atoms with Crippen molar-refractivity contribution in [1.82, 2.24) is 0 Å². The fourth-order valence-electron chi connectivity index (χ4n) is 3.29. The molecule has 0 saturated carbocycles. The molecule has 2 rings (SSSR count). The Bertz CT molecular complexity index is 986. The van der Waals surface area contributed by atoms with Gasteiger partial charge in [-0.05, 0) is 49.6 Å². The molecular weight excluding hydrogens is 436 g/mol. The summed E-state index contributed by atoms with van der Waals surface area (Å²) in [5.74, 6) is -0.418. The van der Waals surface area contributed by atoms with Gasteiger partial charge < -0.3 is 14.0 Å². The maximum absolute atomic E-state index is 11.4. The molecular formula is C18H23NNa2O6S2. The minimum atomic E-state index is -4.57. The van der Waals surface area contributed by atoms with Gasteiger partial charge in [0.15, 0.2) is 0 Å². The van der Waals surface area contributed by atoms with E-state index in [4.69, 9.17) is 0 Å². The summed E-state index contributed by atoms with van der Waals surface area (Å²) in [6.07, 6.45) is 6.36. The van der Waals surface area contributed by atoms with Crippen LogP contribution in [0.15, 0.2) is 47.0 Å². The second kappa shape index (κ2) is 11.3. The van der Waals surface area contributed by atoms with E-state index in [1.54, 1.807) is 6.07 Å². The third-order valence-electron chi connectivity index (χ3n) is 4.62. The van der Waals surface area contributed by atoms with Crippen LogP contribution in [0.1, 0.15) is 39.2 Å². The molecule has 0 amide bonds. The molecule has 1 heterocycles. The molecule has 29 heavy (non-hydrogen) atoms. The first-order valence-corrected chi connectivity index (χ1v) is 11.5. The maximum atomic E-state index is 11.4. The molecule has 150 valence electrons. The molecule has 0 N–H and O–H groups in total. The zero-order valence-electron chi connectivity index (χ0n) is 17.5. The summed E-state index contributed by atoms with van der Waals surface area (Å²) in [7, 11) is -8.82. The summed E-state index contributed by atoms with van der Waals surface area (Å²) in [4.78, 5) is 1.70. The van der Waals surface area contributed by atoms with Crippen LogP contribution in [0.3, 0.4) is 0 Å². The molecule has 0 spiro atoms. The second-order valence-electron chi connectivity index (χ2n) is 6.96. The van der Waals surface area contributed by atoms with Crippen molar-refractivity contribution >= 4 is 25.9 Å². The number of hydrogen-bond acceptors (Lipinski definition) is 7. The summed E-state index contributed by atoms with van der Waals surface area (Å²) in [6, 6.07) is 4.29. The zero-order chi connectivity index (χ0) is 20.5. The predicted octanol–water partition coefficient (Wildman–Crippen LogP) is -3.52. The topological polar surface area (TPSA) is 118 Å². The van der Waals surface area contributed by atoms with E-state index in [2.05, 4.69) is 0 Å². The molecule has 1 aromatic rings. The normalized spacial score (nSPS) is 17.1. The Morgan fingerprint density at radius 1 is 1.07 bits per heavy atom. The van der Waals surface area contributed by atoms with Crippen molar-refractivity contribution in [3.05, 3.63) is 47.7 Å². The van der Waals surface area contributed by atoms with Crippen molar-refractivity contribution in [2.24, 2.45) is 0 Å². The molecule has 0 atom stereocenters. The largest absolute Gasteiger partial charge is 1.00 e. The van der Waals surface area contributed by atoms with Crippen LogP contribution < -0.4 is 64.0 Å². The molecule has 0 bridgehead atoms. The Labute approximate surface area is 217 Å². The fraction of sp³-hybridized carbons (Fsp3) is 0.444. The van der Waals surface area contributed by atoms with Gasteiger partial charge >= 0.3 is 59.1 Å². The van der Waals surface area contributed by atoms with E-state index in [0.717, 1.165) is 11.4 Å². The Morgan fingerprint density at radius 3 is 2.21 bits per heavy atom. The molecule has 0 radical (unpaired) electrons. The summed E-state index contributed by atoms with van der Waals surface area (Å²) in [5.41, 5.74) is 1.85. The van der Waals surface area contributed by atoms with Gasteiger partial charge in [0.2, 0.25) is 0 Å². The average Bonchev–Trinajstić information content (AvgIpc) is 2.75. The maximum Gasteiger partial charge on any atom is 1.00 e. The van der Waals surface area contributed by atoms with Crippen molar-refractivity contribution in [2.45, 2.75) is 43.9 Å². The Morgan fingerprint density at radius 2 is 1.69 bits per heavy atom. The SMILES string of the molecule is CC=C/C=C1/N(CCCCS(=O)(=O)[O-])c2ccc(S(=O)(=O)[O-])cc2C1(C)C.[Na+].[Na+]. The molecule has 0 aromatic heterocycles. The van der Waals surface area contributed by atoms with Crippen LogP contribution in [0.2, 0.25) is 0 Å². The number of allylic oxidation sites excluding steroid dienone is 4. The number of hydrogen-bond donors (Lipinski definition) is 0. The van der Waals surface area contributed by atoms with Crippen LogP contribution >= 0.6 is 0 Å². The molecule has 1 aliphatic heterocycles. The third-order valence-corrected chi connectivity index (χ3v) is 6.24. The van der Waals surface area contributed by atoms with Crippen molar-refractivity contribution in [1.29, 1.82) is 0 Å². The minimum absolute atomic E-state index is 0. The number of anilines is 1. The molecule has 11 heteroatoms. The van der Waals surface area contributed by atoms with E-state index < -0.39 is 31.4 Å². The molecule has 0 saturated heterocycles. The number of fused-ring (bicyclic) bond motifs is 1. The molecule has 1 aromatic carbocycles. The summed E-state index contributed by atoms with van der Waals surface area (Å²) >= 11 is 0. The van der Waals surface area contributed by atoms with Gasteiger partial charge in [0, 0.05) is 29.1 Å². The van der Waals surface area contributed by atoms with Gasteiger partial charge in [-0.1, -0.05) is 26.0 Å². The molecule has 1 aliphatic rings. The van der Waals surface area contributed by atoms with Crippen LogP contribution in [-0.4, -0.2) is 38.2 Å². The fourth-order valence-corrected chi connectivity index (χ4v) is 4.34. The number of unbranched alkanes of at least 4 members (excludes halogenated alkanes) is 1. The molecule has 0 unspecified atom stereocenters. The predicted molar refractivity (Wildman–Crippen MR) is 101 cm³/mol. The van der Waals surface area contributed by atoms with E-state index in [9.17, 15) is 25.9 Å². The van der Waals surface area contributed by atoms with Gasteiger partial charge in [-0.25, -0.2) is 16.8 Å². The number of rotatable bonds is 7. The number of nitrogens with zero attached hydrogens (tertiary/aromatic N) is 1. The Hall–Kier alpha value is 0.320. The van der Waals surface area contributed by atoms with Gasteiger partial charge in [-0.15, -0.1) is 0 Å². The van der Waals surface area contributed by atoms with Gasteiger partial charge in [-0.3, -0.25) is 0 Å². The third kappa shape index (κ3) is 7.45. The van der Waals surface area contributed by atoms with Gasteiger partial charge in [0.25, 0.3) is 0 Å². The standard InChI is InChI=1S/C18H25NO6S2.2Na/c1-4-5-8-17-18(2,3)15-13-14(27(23,24)25)9-10-16(15)19(17)11-6-7-12-26(20,21)22;;/h4-5,8-10,13H,6-7,11-12H2,1-3H3,(H,20,21,22)(H,23,24,25);;/q;2*+1/p-2/b5-4?,17-8+;;. The van der Waals surface area contributed by atoms with Gasteiger partial charge in [-0.2, -0.15) is 0 Å². The van der Waals surface area contributed by atoms with Crippen molar-refractivity contribution < 1.29 is 85.1 Å². The first-order chi connectivity index (χ1) is 12.4. The minimum Gasteiger partial charge on any atom is -0.748 e. The van der Waals surface area contributed by atoms with Crippen LogP contribution in [-0.2, 0) is 25.7 Å². The van der Waals surface area contributed by atoms with Crippen LogP contribution in [0.4, 0.5) is 5.69 Å². The summed E-state index contributed by atoms with van der Waals surface area (Å²) < 4.78 is 66.6. The first kappa shape index (κ1) is 29.3. The smallest absolute Gasteiger partial charge is 0.748 e. The van der Waals surface area contributed by atoms with E-state index in [-0.39, 0.29) is 70.4 Å². The van der Waals surface area contributed by atoms with Crippen LogP contribution in [0, 0.1) is 0 Å². The number of benzene rings is 1. The Kier molecular flexibility index (Phi) is 11.4. The van der Waals surface area contributed by atoms with Crippen LogP contribution in [0.25, 0.3) is 0 Å². The summed E-state index contributed by atoms with van der Waals surface area (Å²) in [5, 5.41) is 0. The van der Waals surface area contributed by atoms with Crippen molar-refractivity contribution in [3.63, 3.8) is 0 Å². The van der Waals surface area contributed by atoms with Crippen molar-refractivity contribution in [2.75, 3.05) is 17.2 Å². The molecule has 0 fully saturated rings. The van der Waals surface area contributed by atoms with Gasteiger partial charge in [0.1, 0.15) is 10.1 Å². The van der Waals surface area contributed by atoms with Crippen LogP contribution in [0.5, 0.6) is 0 Å². The van der Waals surface area contributed by atoms with E-state index >= 15 is 0 Å². The second-order valence-corrected chi connectivity index (χ2v) is 9.86. The summed E-state index contributed by atoms with van der Waals surface area (Å²) in [6.45, 7) is 6.21. The zero-order valence-corrected chi connectivity index (χ0v) is 23.1.